The van der Waals surface area contributed by atoms with E-state index in [-0.39, 0.29) is 37.5 Å². The molecule has 0 fully saturated rings. The zero-order chi connectivity index (χ0) is 47.2. The normalized spacial score (nSPS) is 12.8. The summed E-state index contributed by atoms with van der Waals surface area (Å²) < 4.78 is 16.8. The van der Waals surface area contributed by atoms with Gasteiger partial charge in [-0.1, -0.05) is 214 Å². The van der Waals surface area contributed by atoms with Crippen molar-refractivity contribution in [2.24, 2.45) is 0 Å². The van der Waals surface area contributed by atoms with E-state index in [0.29, 0.717) is 19.3 Å². The molecule has 6 heteroatoms. The summed E-state index contributed by atoms with van der Waals surface area (Å²) in [7, 11) is 0. The standard InChI is InChI=1S/C59H98O6/c1-4-7-10-13-16-19-22-25-27-28-29-30-32-34-37-40-43-46-49-52-58(61)64-55-56(54-63-57(60)51-48-45-42-39-36-33-24-21-18-15-12-9-6-3)65-59(62)53-50-47-44-41-38-35-31-26-23-20-17-14-11-8-5-2/h7,10,16-17,19-20,25-27,29-31,34,37-38,41,56H,4-6,8-9,11-15,18,21-24,28,32-33,35-36,39-40,42-55H2,1-3H3/b10-7-,19-16-,20-17-,27-25-,30-29-,31-26-,37-34-,41-38-/t56-/m0/s1. The minimum atomic E-state index is -0.810. The number of carbonyl (C=O) groups excluding carboxylic acids is 3. The van der Waals surface area contributed by atoms with E-state index in [1.165, 1.54) is 89.9 Å². The van der Waals surface area contributed by atoms with Crippen molar-refractivity contribution in [3.63, 3.8) is 0 Å². The fourth-order valence-corrected chi connectivity index (χ4v) is 7.06. The first-order valence-corrected chi connectivity index (χ1v) is 26.7. The van der Waals surface area contributed by atoms with Gasteiger partial charge in [-0.25, -0.2) is 0 Å². The zero-order valence-electron chi connectivity index (χ0n) is 42.2. The van der Waals surface area contributed by atoms with Crippen LogP contribution in [0.3, 0.4) is 0 Å². The van der Waals surface area contributed by atoms with Gasteiger partial charge in [0.2, 0.25) is 0 Å². The van der Waals surface area contributed by atoms with Gasteiger partial charge >= 0.3 is 17.9 Å². The summed E-state index contributed by atoms with van der Waals surface area (Å²) in [5.74, 6) is -0.975. The Morgan fingerprint density at radius 1 is 0.323 bits per heavy atom. The van der Waals surface area contributed by atoms with Crippen molar-refractivity contribution in [1.82, 2.24) is 0 Å². The molecule has 0 radical (unpaired) electrons. The average molecular weight is 903 g/mol. The summed E-state index contributed by atoms with van der Waals surface area (Å²) in [4.78, 5) is 38.0. The summed E-state index contributed by atoms with van der Waals surface area (Å²) in [6, 6.07) is 0. The van der Waals surface area contributed by atoms with Gasteiger partial charge in [-0.2, -0.15) is 0 Å². The fraction of sp³-hybridized carbons (Fsp3) is 0.678. The molecule has 0 aliphatic rings. The smallest absolute Gasteiger partial charge is 0.306 e. The summed E-state index contributed by atoms with van der Waals surface area (Å²) in [6.07, 6.45) is 69.6. The lowest BCUT2D eigenvalue weighted by Crippen LogP contribution is -2.30. The maximum atomic E-state index is 12.8. The fourth-order valence-electron chi connectivity index (χ4n) is 7.06. The lowest BCUT2D eigenvalue weighted by atomic mass is 10.0. The molecule has 0 bridgehead atoms. The Bertz CT molecular complexity index is 1310. The maximum Gasteiger partial charge on any atom is 0.306 e. The molecule has 0 unspecified atom stereocenters. The molecule has 1 atom stereocenters. The van der Waals surface area contributed by atoms with Gasteiger partial charge in [0.05, 0.1) is 0 Å². The van der Waals surface area contributed by atoms with Crippen LogP contribution in [0.4, 0.5) is 0 Å². The van der Waals surface area contributed by atoms with Gasteiger partial charge in [-0.05, 0) is 103 Å². The first-order chi connectivity index (χ1) is 32.0. The van der Waals surface area contributed by atoms with Crippen LogP contribution in [0.5, 0.6) is 0 Å². The molecule has 370 valence electrons. The van der Waals surface area contributed by atoms with Crippen molar-refractivity contribution in [1.29, 1.82) is 0 Å². The predicted octanol–water partition coefficient (Wildman–Crippen LogP) is 17.8. The van der Waals surface area contributed by atoms with E-state index in [0.717, 1.165) is 103 Å². The van der Waals surface area contributed by atoms with Gasteiger partial charge in [0.25, 0.3) is 0 Å². The van der Waals surface area contributed by atoms with Crippen LogP contribution in [0.1, 0.15) is 239 Å². The third-order valence-corrected chi connectivity index (χ3v) is 11.1. The number of allylic oxidation sites excluding steroid dienone is 16. The van der Waals surface area contributed by atoms with Crippen LogP contribution >= 0.6 is 0 Å². The summed E-state index contributed by atoms with van der Waals surface area (Å²) in [5.41, 5.74) is 0. The molecular formula is C59H98O6. The van der Waals surface area contributed by atoms with Crippen molar-refractivity contribution in [3.05, 3.63) is 97.2 Å². The van der Waals surface area contributed by atoms with Crippen molar-refractivity contribution in [3.8, 4) is 0 Å². The third-order valence-electron chi connectivity index (χ3n) is 11.1. The van der Waals surface area contributed by atoms with Crippen LogP contribution in [-0.2, 0) is 28.6 Å². The molecule has 0 rings (SSSR count). The van der Waals surface area contributed by atoms with E-state index in [4.69, 9.17) is 14.2 Å². The number of carbonyl (C=O) groups is 3. The van der Waals surface area contributed by atoms with E-state index in [1.807, 2.05) is 0 Å². The number of hydrogen-bond acceptors (Lipinski definition) is 6. The van der Waals surface area contributed by atoms with Crippen LogP contribution in [0, 0.1) is 0 Å². The van der Waals surface area contributed by atoms with Crippen LogP contribution in [0.2, 0.25) is 0 Å². The lowest BCUT2D eigenvalue weighted by molar-refractivity contribution is -0.167. The molecule has 0 N–H and O–H groups in total. The second-order valence-electron chi connectivity index (χ2n) is 17.4. The highest BCUT2D eigenvalue weighted by Gasteiger charge is 2.19. The Morgan fingerprint density at radius 2 is 0.600 bits per heavy atom. The van der Waals surface area contributed by atoms with Gasteiger partial charge in [-0.15, -0.1) is 0 Å². The molecule has 0 saturated carbocycles. The average Bonchev–Trinajstić information content (AvgIpc) is 3.30. The van der Waals surface area contributed by atoms with E-state index in [1.54, 1.807) is 0 Å². The molecule has 65 heavy (non-hydrogen) atoms. The zero-order valence-corrected chi connectivity index (χ0v) is 42.2. The quantitative estimate of drug-likeness (QED) is 0.0262. The van der Waals surface area contributed by atoms with E-state index in [9.17, 15) is 14.4 Å². The maximum absolute atomic E-state index is 12.8. The molecule has 0 aliphatic carbocycles. The molecule has 0 aromatic heterocycles. The number of rotatable bonds is 47. The summed E-state index contributed by atoms with van der Waals surface area (Å²) >= 11 is 0. The van der Waals surface area contributed by atoms with Crippen LogP contribution in [-0.4, -0.2) is 37.2 Å². The Morgan fingerprint density at radius 3 is 1.00 bits per heavy atom. The minimum Gasteiger partial charge on any atom is -0.462 e. The van der Waals surface area contributed by atoms with Gasteiger partial charge < -0.3 is 14.2 Å². The number of hydrogen-bond donors (Lipinski definition) is 0. The third kappa shape index (κ3) is 51.2. The highest BCUT2D eigenvalue weighted by molar-refractivity contribution is 5.71. The second kappa shape index (κ2) is 52.9. The van der Waals surface area contributed by atoms with E-state index in [2.05, 4.69) is 118 Å². The Balaban J connectivity index is 4.50. The van der Waals surface area contributed by atoms with Crippen molar-refractivity contribution in [2.75, 3.05) is 13.2 Å². The molecule has 0 aliphatic heterocycles. The highest BCUT2D eigenvalue weighted by Crippen LogP contribution is 2.14. The highest BCUT2D eigenvalue weighted by atomic mass is 16.6. The predicted molar refractivity (Wildman–Crippen MR) is 279 cm³/mol. The monoisotopic (exact) mass is 903 g/mol. The molecule has 0 aromatic carbocycles. The topological polar surface area (TPSA) is 78.9 Å². The van der Waals surface area contributed by atoms with Gasteiger partial charge in [-0.3, -0.25) is 14.4 Å². The lowest BCUT2D eigenvalue weighted by Gasteiger charge is -2.18. The number of ether oxygens (including phenoxy) is 3. The SMILES string of the molecule is CC/C=C\C/C=C\C/C=C\C/C=C\C/C=C\CCCCCC(=O)OC[C@H](COC(=O)CCCCCCCCCCCCCCC)OC(=O)CCCC/C=C\C/C=C\C/C=C\CCCCC. The van der Waals surface area contributed by atoms with Gasteiger partial charge in [0.15, 0.2) is 6.10 Å². The van der Waals surface area contributed by atoms with Gasteiger partial charge in [0, 0.05) is 19.3 Å². The first-order valence-electron chi connectivity index (χ1n) is 26.7. The molecule has 0 saturated heterocycles. The number of esters is 3. The largest absolute Gasteiger partial charge is 0.462 e. The van der Waals surface area contributed by atoms with Crippen LogP contribution in [0.15, 0.2) is 97.2 Å². The van der Waals surface area contributed by atoms with Crippen LogP contribution < -0.4 is 0 Å². The summed E-state index contributed by atoms with van der Waals surface area (Å²) in [5, 5.41) is 0. The molecule has 0 heterocycles. The van der Waals surface area contributed by atoms with Crippen molar-refractivity contribution < 1.29 is 28.6 Å². The molecule has 0 spiro atoms. The summed E-state index contributed by atoms with van der Waals surface area (Å²) in [6.45, 7) is 6.43. The van der Waals surface area contributed by atoms with E-state index < -0.39 is 6.10 Å². The Hall–Kier alpha value is -3.67. The molecular weight excluding hydrogens is 805 g/mol. The Labute approximate surface area is 400 Å². The Kier molecular flexibility index (Phi) is 50.0. The van der Waals surface area contributed by atoms with Crippen molar-refractivity contribution in [2.45, 2.75) is 245 Å². The molecule has 0 amide bonds. The van der Waals surface area contributed by atoms with Gasteiger partial charge in [0.1, 0.15) is 13.2 Å². The number of unbranched alkanes of at least 4 members (excludes halogenated alkanes) is 20. The molecule has 6 nitrogen and oxygen atoms in total. The molecule has 0 aromatic rings. The van der Waals surface area contributed by atoms with Crippen LogP contribution in [0.25, 0.3) is 0 Å². The first kappa shape index (κ1) is 61.3. The van der Waals surface area contributed by atoms with E-state index >= 15 is 0 Å². The second-order valence-corrected chi connectivity index (χ2v) is 17.4. The minimum absolute atomic E-state index is 0.103. The van der Waals surface area contributed by atoms with Crippen molar-refractivity contribution >= 4 is 17.9 Å².